The summed E-state index contributed by atoms with van der Waals surface area (Å²) in [4.78, 5) is 16.8. The Bertz CT molecular complexity index is 601. The molecule has 5 heteroatoms. The third kappa shape index (κ3) is 2.91. The summed E-state index contributed by atoms with van der Waals surface area (Å²) >= 11 is 7.63. The van der Waals surface area contributed by atoms with E-state index >= 15 is 0 Å². The molecule has 0 radical (unpaired) electrons. The Labute approximate surface area is 119 Å². The van der Waals surface area contributed by atoms with Crippen molar-refractivity contribution in [3.05, 3.63) is 52.3 Å². The summed E-state index contributed by atoms with van der Waals surface area (Å²) in [6.45, 7) is 1.85. The number of aromatic nitrogens is 1. The number of nitrogens with zero attached hydrogens (tertiary/aromatic N) is 1. The molecule has 0 spiro atoms. The summed E-state index contributed by atoms with van der Waals surface area (Å²) in [5, 5.41) is 2.82. The molecule has 3 nitrogen and oxygen atoms in total. The van der Waals surface area contributed by atoms with E-state index in [1.165, 1.54) is 0 Å². The Morgan fingerprint density at radius 2 is 2.17 bits per heavy atom. The van der Waals surface area contributed by atoms with Crippen LogP contribution in [-0.4, -0.2) is 10.9 Å². The van der Waals surface area contributed by atoms with Crippen LogP contribution in [0.1, 0.15) is 16.1 Å². The van der Waals surface area contributed by atoms with Crippen molar-refractivity contribution in [1.82, 2.24) is 4.98 Å². The molecule has 0 aliphatic rings. The summed E-state index contributed by atoms with van der Waals surface area (Å²) in [7, 11) is 0. The first-order valence-corrected chi connectivity index (χ1v) is 6.53. The molecule has 0 unspecified atom stereocenters. The first-order valence-electron chi connectivity index (χ1n) is 5.29. The van der Waals surface area contributed by atoms with Crippen LogP contribution in [0.2, 0.25) is 0 Å². The highest BCUT2D eigenvalue weighted by molar-refractivity contribution is 9.10. The van der Waals surface area contributed by atoms with Crippen LogP contribution >= 0.6 is 28.6 Å². The molecule has 0 fully saturated rings. The van der Waals surface area contributed by atoms with Crippen molar-refractivity contribution >= 4 is 40.2 Å². The number of carbonyl (C=O) groups is 1. The fourth-order valence-corrected chi connectivity index (χ4v) is 2.36. The standard InChI is InChI=1S/C13H11BrN2OS/c1-8-11(3-2-6-15-8)16-13(17)10-5-4-9(14)7-12(10)18/h2-7,18H,1H3,(H,16,17). The van der Waals surface area contributed by atoms with Crippen molar-refractivity contribution in [2.45, 2.75) is 11.8 Å². The molecule has 0 bridgehead atoms. The van der Waals surface area contributed by atoms with E-state index in [1.54, 1.807) is 24.4 Å². The molecule has 92 valence electrons. The molecule has 0 saturated heterocycles. The van der Waals surface area contributed by atoms with Crippen LogP contribution in [0.4, 0.5) is 5.69 Å². The molecule has 1 aromatic carbocycles. The van der Waals surface area contributed by atoms with Crippen molar-refractivity contribution in [2.75, 3.05) is 5.32 Å². The first kappa shape index (κ1) is 13.1. The van der Waals surface area contributed by atoms with Gasteiger partial charge in [-0.2, -0.15) is 0 Å². The zero-order valence-corrected chi connectivity index (χ0v) is 12.1. The molecule has 1 amide bonds. The summed E-state index contributed by atoms with van der Waals surface area (Å²) in [5.41, 5.74) is 2.02. The maximum absolute atomic E-state index is 12.1. The summed E-state index contributed by atoms with van der Waals surface area (Å²) in [6.07, 6.45) is 1.69. The highest BCUT2D eigenvalue weighted by Crippen LogP contribution is 2.21. The molecular formula is C13H11BrN2OS. The summed E-state index contributed by atoms with van der Waals surface area (Å²) < 4.78 is 0.890. The molecule has 1 heterocycles. The Balaban J connectivity index is 2.25. The molecule has 1 N–H and O–H groups in total. The van der Waals surface area contributed by atoms with Gasteiger partial charge in [-0.15, -0.1) is 12.6 Å². The maximum Gasteiger partial charge on any atom is 0.256 e. The van der Waals surface area contributed by atoms with Crippen LogP contribution < -0.4 is 5.32 Å². The van der Waals surface area contributed by atoms with Gasteiger partial charge >= 0.3 is 0 Å². The molecule has 2 rings (SSSR count). The number of pyridine rings is 1. The monoisotopic (exact) mass is 322 g/mol. The van der Waals surface area contributed by atoms with Crippen LogP contribution in [0.15, 0.2) is 45.9 Å². The summed E-state index contributed by atoms with van der Waals surface area (Å²) in [5.74, 6) is -0.191. The minimum Gasteiger partial charge on any atom is -0.320 e. The van der Waals surface area contributed by atoms with Gasteiger partial charge in [0.15, 0.2) is 0 Å². The second-order valence-electron chi connectivity index (χ2n) is 3.75. The van der Waals surface area contributed by atoms with Crippen LogP contribution in [0.3, 0.4) is 0 Å². The number of aryl methyl sites for hydroxylation is 1. The number of rotatable bonds is 2. The first-order chi connectivity index (χ1) is 8.58. The van der Waals surface area contributed by atoms with Crippen molar-refractivity contribution in [2.24, 2.45) is 0 Å². The second kappa shape index (κ2) is 5.54. The highest BCUT2D eigenvalue weighted by atomic mass is 79.9. The van der Waals surface area contributed by atoms with Gasteiger partial charge in [0.05, 0.1) is 16.9 Å². The number of hydrogen-bond acceptors (Lipinski definition) is 3. The molecule has 0 aliphatic carbocycles. The van der Waals surface area contributed by atoms with E-state index in [-0.39, 0.29) is 5.91 Å². The third-order valence-electron chi connectivity index (χ3n) is 2.46. The smallest absolute Gasteiger partial charge is 0.256 e. The molecule has 0 atom stereocenters. The van der Waals surface area contributed by atoms with Gasteiger partial charge in [-0.25, -0.2) is 0 Å². The average Bonchev–Trinajstić information content (AvgIpc) is 2.32. The quantitative estimate of drug-likeness (QED) is 0.828. The minimum atomic E-state index is -0.191. The van der Waals surface area contributed by atoms with Gasteiger partial charge in [0.25, 0.3) is 5.91 Å². The van der Waals surface area contributed by atoms with Gasteiger partial charge < -0.3 is 5.32 Å². The van der Waals surface area contributed by atoms with E-state index in [0.717, 1.165) is 10.2 Å². The van der Waals surface area contributed by atoms with Crippen LogP contribution in [0.25, 0.3) is 0 Å². The van der Waals surface area contributed by atoms with E-state index in [9.17, 15) is 4.79 Å². The van der Waals surface area contributed by atoms with Crippen molar-refractivity contribution in [1.29, 1.82) is 0 Å². The minimum absolute atomic E-state index is 0.191. The largest absolute Gasteiger partial charge is 0.320 e. The Hall–Kier alpha value is -1.33. The van der Waals surface area contributed by atoms with E-state index in [4.69, 9.17) is 0 Å². The van der Waals surface area contributed by atoms with E-state index in [1.807, 2.05) is 19.1 Å². The van der Waals surface area contributed by atoms with Crippen LogP contribution in [0.5, 0.6) is 0 Å². The lowest BCUT2D eigenvalue weighted by molar-refractivity contribution is 0.102. The predicted molar refractivity (Wildman–Crippen MR) is 78.3 cm³/mol. The zero-order valence-electron chi connectivity index (χ0n) is 9.64. The fourth-order valence-electron chi connectivity index (χ4n) is 1.50. The zero-order chi connectivity index (χ0) is 13.1. The number of nitrogens with one attached hydrogen (secondary N) is 1. The lowest BCUT2D eigenvalue weighted by Crippen LogP contribution is -2.13. The average molecular weight is 323 g/mol. The number of carbonyl (C=O) groups excluding carboxylic acids is 1. The number of thiol groups is 1. The molecule has 1 aromatic heterocycles. The van der Waals surface area contributed by atoms with E-state index in [2.05, 4.69) is 38.9 Å². The van der Waals surface area contributed by atoms with Crippen molar-refractivity contribution < 1.29 is 4.79 Å². The van der Waals surface area contributed by atoms with E-state index in [0.29, 0.717) is 16.1 Å². The van der Waals surface area contributed by atoms with Crippen molar-refractivity contribution in [3.63, 3.8) is 0 Å². The van der Waals surface area contributed by atoms with Crippen LogP contribution in [-0.2, 0) is 0 Å². The van der Waals surface area contributed by atoms with E-state index < -0.39 is 0 Å². The lowest BCUT2D eigenvalue weighted by atomic mass is 10.2. The summed E-state index contributed by atoms with van der Waals surface area (Å²) in [6, 6.07) is 8.93. The second-order valence-corrected chi connectivity index (χ2v) is 5.15. The van der Waals surface area contributed by atoms with Gasteiger partial charge in [0.2, 0.25) is 0 Å². The molecule has 2 aromatic rings. The van der Waals surface area contributed by atoms with Gasteiger partial charge in [-0.05, 0) is 37.3 Å². The molecule has 0 aliphatic heterocycles. The molecular weight excluding hydrogens is 312 g/mol. The SMILES string of the molecule is Cc1ncccc1NC(=O)c1ccc(Br)cc1S. The maximum atomic E-state index is 12.1. The number of amides is 1. The Morgan fingerprint density at radius 3 is 2.83 bits per heavy atom. The molecule has 18 heavy (non-hydrogen) atoms. The van der Waals surface area contributed by atoms with Gasteiger partial charge in [-0.1, -0.05) is 15.9 Å². The Morgan fingerprint density at radius 1 is 1.39 bits per heavy atom. The normalized spacial score (nSPS) is 10.2. The Kier molecular flexibility index (Phi) is 4.04. The van der Waals surface area contributed by atoms with Gasteiger partial charge in [0.1, 0.15) is 0 Å². The van der Waals surface area contributed by atoms with Gasteiger partial charge in [-0.3, -0.25) is 9.78 Å². The molecule has 0 saturated carbocycles. The fraction of sp³-hybridized carbons (Fsp3) is 0.0769. The number of anilines is 1. The highest BCUT2D eigenvalue weighted by Gasteiger charge is 2.11. The number of hydrogen-bond donors (Lipinski definition) is 2. The van der Waals surface area contributed by atoms with Crippen molar-refractivity contribution in [3.8, 4) is 0 Å². The predicted octanol–water partition coefficient (Wildman–Crippen LogP) is 3.69. The lowest BCUT2D eigenvalue weighted by Gasteiger charge is -2.09. The topological polar surface area (TPSA) is 42.0 Å². The number of halogens is 1. The van der Waals surface area contributed by atoms with Gasteiger partial charge in [0, 0.05) is 15.6 Å². The number of benzene rings is 1. The third-order valence-corrected chi connectivity index (χ3v) is 3.32. The van der Waals surface area contributed by atoms with Crippen LogP contribution in [0, 0.1) is 6.92 Å².